The molecular formula is C69H44N2. The summed E-state index contributed by atoms with van der Waals surface area (Å²) < 4.78 is 0. The standard InChI is InChI=1S/C69H44N2/c70-68(48-16-2-1-3-17-48)71-65(40-30-44-29-31-50-42-52(37-36-49(50)41-44)66-54-20-7-5-18-51(54)43-61-53-19-6-4-15-45(53)38-39-59(61)66)47-34-32-46(33-35-47)55-24-14-25-60-58-23-10-13-28-64(58)69(67(55)60)62-26-11-8-21-56(62)57-22-9-12-27-63(57)69/h1-43,70H/b40-30+,70-68?,71-65?. The zero-order chi connectivity index (χ0) is 47.0. The summed E-state index contributed by atoms with van der Waals surface area (Å²) in [6, 6.07) is 90.1. The fraction of sp³-hybridized carbons (Fsp3) is 0.0145. The van der Waals surface area contributed by atoms with Crippen LogP contribution in [0.1, 0.15) is 38.9 Å². The molecule has 14 rings (SSSR count). The largest absolute Gasteiger partial charge is 0.282 e. The molecule has 0 atom stereocenters. The van der Waals surface area contributed by atoms with Crippen LogP contribution in [0.25, 0.3) is 93.7 Å². The Kier molecular flexibility index (Phi) is 9.30. The van der Waals surface area contributed by atoms with Crippen LogP contribution in [0.4, 0.5) is 0 Å². The van der Waals surface area contributed by atoms with Crippen molar-refractivity contribution in [2.75, 3.05) is 0 Å². The van der Waals surface area contributed by atoms with Crippen LogP contribution in [0, 0.1) is 5.41 Å². The van der Waals surface area contributed by atoms with E-state index in [0.29, 0.717) is 0 Å². The highest BCUT2D eigenvalue weighted by Crippen LogP contribution is 2.64. The summed E-state index contributed by atoms with van der Waals surface area (Å²) in [5.41, 5.74) is 18.3. The average Bonchev–Trinajstić information content (AvgIpc) is 3.91. The molecule has 71 heavy (non-hydrogen) atoms. The zero-order valence-electron chi connectivity index (χ0n) is 38.8. The summed E-state index contributed by atoms with van der Waals surface area (Å²) in [6.45, 7) is 0. The van der Waals surface area contributed by atoms with Gasteiger partial charge in [-0.1, -0.05) is 237 Å². The van der Waals surface area contributed by atoms with Crippen molar-refractivity contribution in [1.29, 1.82) is 5.41 Å². The number of fused-ring (bicyclic) bond motifs is 15. The lowest BCUT2D eigenvalue weighted by atomic mass is 9.68. The summed E-state index contributed by atoms with van der Waals surface area (Å²) in [7, 11) is 0. The van der Waals surface area contributed by atoms with E-state index in [9.17, 15) is 0 Å². The van der Waals surface area contributed by atoms with Crippen molar-refractivity contribution in [2.24, 2.45) is 4.99 Å². The number of hydrogen-bond donors (Lipinski definition) is 1. The smallest absolute Gasteiger partial charge is 0.152 e. The Hall–Kier alpha value is -9.24. The SMILES string of the molecule is N=C(N=C(/C=C/c1ccc2cc(-c3c4ccccc4cc4c3ccc3ccccc34)ccc2c1)c1ccc(-c2cccc3c2C2(c4ccccc4-c4ccccc42)c2ccccc2-3)cc1)c1ccccc1. The molecule has 0 radical (unpaired) electrons. The van der Waals surface area contributed by atoms with Crippen molar-refractivity contribution in [2.45, 2.75) is 5.41 Å². The van der Waals surface area contributed by atoms with E-state index in [1.54, 1.807) is 0 Å². The van der Waals surface area contributed by atoms with Gasteiger partial charge < -0.3 is 0 Å². The van der Waals surface area contributed by atoms with Crippen LogP contribution in [0.2, 0.25) is 0 Å². The van der Waals surface area contributed by atoms with Crippen LogP contribution in [0.5, 0.6) is 0 Å². The predicted molar refractivity (Wildman–Crippen MR) is 299 cm³/mol. The summed E-state index contributed by atoms with van der Waals surface area (Å²) in [4.78, 5) is 5.02. The third kappa shape index (κ3) is 6.35. The van der Waals surface area contributed by atoms with Crippen LogP contribution in [-0.4, -0.2) is 11.5 Å². The molecule has 12 aromatic rings. The van der Waals surface area contributed by atoms with E-state index in [-0.39, 0.29) is 5.84 Å². The Bertz CT molecular complexity index is 4170. The highest BCUT2D eigenvalue weighted by Gasteiger charge is 2.52. The van der Waals surface area contributed by atoms with Crippen molar-refractivity contribution in [3.8, 4) is 44.5 Å². The monoisotopic (exact) mass is 900 g/mol. The molecule has 0 aromatic heterocycles. The molecule has 330 valence electrons. The third-order valence-electron chi connectivity index (χ3n) is 15.1. The Morgan fingerprint density at radius 3 is 1.68 bits per heavy atom. The van der Waals surface area contributed by atoms with Gasteiger partial charge in [0, 0.05) is 11.1 Å². The minimum atomic E-state index is -0.449. The Labute approximate surface area is 412 Å². The molecule has 0 unspecified atom stereocenters. The molecule has 2 aliphatic rings. The van der Waals surface area contributed by atoms with Crippen LogP contribution >= 0.6 is 0 Å². The lowest BCUT2D eigenvalue weighted by Crippen LogP contribution is -2.26. The van der Waals surface area contributed by atoms with Crippen molar-refractivity contribution in [3.05, 3.63) is 294 Å². The molecule has 1 N–H and O–H groups in total. The first-order chi connectivity index (χ1) is 35.1. The van der Waals surface area contributed by atoms with E-state index in [4.69, 9.17) is 10.4 Å². The fourth-order valence-corrected chi connectivity index (χ4v) is 12.0. The van der Waals surface area contributed by atoms with Gasteiger partial charge in [0.2, 0.25) is 0 Å². The van der Waals surface area contributed by atoms with E-state index in [1.807, 2.05) is 30.3 Å². The topological polar surface area (TPSA) is 36.2 Å². The second kappa shape index (κ2) is 16.2. The molecule has 0 aliphatic heterocycles. The highest BCUT2D eigenvalue weighted by molar-refractivity contribution is 6.21. The third-order valence-corrected chi connectivity index (χ3v) is 15.1. The van der Waals surface area contributed by atoms with Crippen molar-refractivity contribution in [3.63, 3.8) is 0 Å². The molecule has 2 aliphatic carbocycles. The summed E-state index contributed by atoms with van der Waals surface area (Å²) in [6.07, 6.45) is 4.19. The Morgan fingerprint density at radius 2 is 0.930 bits per heavy atom. The van der Waals surface area contributed by atoms with Crippen LogP contribution in [-0.2, 0) is 5.41 Å². The lowest BCUT2D eigenvalue weighted by Gasteiger charge is -2.32. The number of benzene rings is 12. The number of amidine groups is 1. The van der Waals surface area contributed by atoms with Gasteiger partial charge in [-0.05, 0) is 140 Å². The minimum Gasteiger partial charge on any atom is -0.282 e. The van der Waals surface area contributed by atoms with Gasteiger partial charge >= 0.3 is 0 Å². The van der Waals surface area contributed by atoms with Gasteiger partial charge in [-0.15, -0.1) is 0 Å². The molecule has 0 saturated carbocycles. The number of hydrogen-bond acceptors (Lipinski definition) is 1. The predicted octanol–water partition coefficient (Wildman–Crippen LogP) is 17.5. The second-order valence-corrected chi connectivity index (χ2v) is 18.9. The van der Waals surface area contributed by atoms with Gasteiger partial charge in [0.05, 0.1) is 11.1 Å². The van der Waals surface area contributed by atoms with E-state index < -0.39 is 5.41 Å². The molecule has 0 heterocycles. The maximum atomic E-state index is 9.15. The first-order valence-electron chi connectivity index (χ1n) is 24.4. The normalized spacial score (nSPS) is 13.3. The Balaban J connectivity index is 0.846. The van der Waals surface area contributed by atoms with Gasteiger partial charge in [0.15, 0.2) is 5.84 Å². The molecular weight excluding hydrogens is 857 g/mol. The number of nitrogens with zero attached hydrogens (tertiary/aromatic N) is 1. The summed E-state index contributed by atoms with van der Waals surface area (Å²) in [5, 5.41) is 19.0. The van der Waals surface area contributed by atoms with E-state index in [1.165, 1.54) is 98.9 Å². The molecule has 0 fully saturated rings. The van der Waals surface area contributed by atoms with Crippen molar-refractivity contribution >= 4 is 60.7 Å². The number of nitrogens with one attached hydrogen (secondary N) is 1. The molecule has 0 saturated heterocycles. The van der Waals surface area contributed by atoms with E-state index >= 15 is 0 Å². The van der Waals surface area contributed by atoms with Gasteiger partial charge in [-0.2, -0.15) is 0 Å². The number of allylic oxidation sites excluding steroid dienone is 1. The van der Waals surface area contributed by atoms with Gasteiger partial charge in [-0.3, -0.25) is 5.41 Å². The minimum absolute atomic E-state index is 0.216. The van der Waals surface area contributed by atoms with Crippen molar-refractivity contribution in [1.82, 2.24) is 0 Å². The Morgan fingerprint density at radius 1 is 0.366 bits per heavy atom. The molecule has 0 amide bonds. The number of aliphatic imine (C=N–C) groups is 1. The number of rotatable bonds is 6. The van der Waals surface area contributed by atoms with E-state index in [0.717, 1.165) is 33.4 Å². The van der Waals surface area contributed by atoms with Gasteiger partial charge in [0.25, 0.3) is 0 Å². The van der Waals surface area contributed by atoms with Crippen LogP contribution in [0.15, 0.2) is 260 Å². The average molecular weight is 901 g/mol. The van der Waals surface area contributed by atoms with Gasteiger partial charge in [-0.25, -0.2) is 4.99 Å². The maximum Gasteiger partial charge on any atom is 0.152 e. The first-order valence-corrected chi connectivity index (χ1v) is 24.4. The van der Waals surface area contributed by atoms with Crippen LogP contribution in [0.3, 0.4) is 0 Å². The molecule has 2 nitrogen and oxygen atoms in total. The van der Waals surface area contributed by atoms with E-state index in [2.05, 4.69) is 231 Å². The fourth-order valence-electron chi connectivity index (χ4n) is 12.0. The lowest BCUT2D eigenvalue weighted by molar-refractivity contribution is 0.796. The maximum absolute atomic E-state index is 9.15. The molecule has 1 spiro atoms. The summed E-state index contributed by atoms with van der Waals surface area (Å²) >= 11 is 0. The molecule has 2 heteroatoms. The quantitative estimate of drug-likeness (QED) is 0.0747. The zero-order valence-corrected chi connectivity index (χ0v) is 38.8. The second-order valence-electron chi connectivity index (χ2n) is 18.9. The first kappa shape index (κ1) is 40.8. The molecule has 12 aromatic carbocycles. The van der Waals surface area contributed by atoms with Gasteiger partial charge in [0.1, 0.15) is 0 Å². The van der Waals surface area contributed by atoms with Crippen LogP contribution < -0.4 is 0 Å². The van der Waals surface area contributed by atoms with Crippen molar-refractivity contribution < 1.29 is 0 Å². The molecule has 0 bridgehead atoms. The summed E-state index contributed by atoms with van der Waals surface area (Å²) in [5.74, 6) is 0.216. The highest BCUT2D eigenvalue weighted by atomic mass is 14.8.